The van der Waals surface area contributed by atoms with Crippen LogP contribution in [0.1, 0.15) is 16.7 Å². The molecule has 0 bridgehead atoms. The number of carbonyl (C=O) groups excluding carboxylic acids is 1. The molecule has 0 radical (unpaired) electrons. The molecule has 0 aliphatic heterocycles. The minimum absolute atomic E-state index is 0.0381. The highest BCUT2D eigenvalue weighted by molar-refractivity contribution is 9.10. The second kappa shape index (κ2) is 8.53. The Hall–Kier alpha value is -2.54. The Morgan fingerprint density at radius 2 is 2.08 bits per heavy atom. The van der Waals surface area contributed by atoms with E-state index in [0.29, 0.717) is 17.1 Å². The van der Waals surface area contributed by atoms with Crippen LogP contribution >= 0.6 is 15.9 Å². The maximum Gasteiger partial charge on any atom is 0.277 e. The van der Waals surface area contributed by atoms with E-state index in [0.717, 1.165) is 15.6 Å². The third-order valence-electron chi connectivity index (χ3n) is 3.33. The lowest BCUT2D eigenvalue weighted by Gasteiger charge is -2.11. The monoisotopic (exact) mass is 406 g/mol. The van der Waals surface area contributed by atoms with Gasteiger partial charge in [-0.15, -0.1) is 0 Å². The molecule has 6 nitrogen and oxygen atoms in total. The van der Waals surface area contributed by atoms with Crippen molar-refractivity contribution in [2.75, 3.05) is 13.7 Å². The van der Waals surface area contributed by atoms with Crippen molar-refractivity contribution in [3.05, 3.63) is 51.5 Å². The number of nitrogens with zero attached hydrogens (tertiary/aromatic N) is 1. The maximum absolute atomic E-state index is 11.8. The zero-order valence-corrected chi connectivity index (χ0v) is 15.8. The Bertz CT molecular complexity index is 783. The molecule has 0 aliphatic rings. The number of phenols is 1. The van der Waals surface area contributed by atoms with Gasteiger partial charge < -0.3 is 14.6 Å². The smallest absolute Gasteiger partial charge is 0.277 e. The molecule has 0 fully saturated rings. The lowest BCUT2D eigenvalue weighted by molar-refractivity contribution is -0.123. The normalized spacial score (nSPS) is 10.7. The van der Waals surface area contributed by atoms with Crippen LogP contribution in [0.2, 0.25) is 0 Å². The Balaban J connectivity index is 1.91. The summed E-state index contributed by atoms with van der Waals surface area (Å²) in [6.45, 7) is 3.75. The summed E-state index contributed by atoms with van der Waals surface area (Å²) in [6.07, 6.45) is 1.45. The van der Waals surface area contributed by atoms with Crippen molar-refractivity contribution in [2.24, 2.45) is 5.10 Å². The zero-order valence-electron chi connectivity index (χ0n) is 14.2. The van der Waals surface area contributed by atoms with E-state index in [1.165, 1.54) is 19.4 Å². The molecule has 2 aromatic rings. The van der Waals surface area contributed by atoms with E-state index in [-0.39, 0.29) is 18.3 Å². The first-order chi connectivity index (χ1) is 11.9. The van der Waals surface area contributed by atoms with Crippen molar-refractivity contribution in [3.8, 4) is 17.2 Å². The van der Waals surface area contributed by atoms with E-state index in [2.05, 4.69) is 26.5 Å². The van der Waals surface area contributed by atoms with Gasteiger partial charge in [0.15, 0.2) is 18.1 Å². The maximum atomic E-state index is 11.8. The van der Waals surface area contributed by atoms with E-state index >= 15 is 0 Å². The predicted molar refractivity (Wildman–Crippen MR) is 99.5 cm³/mol. The predicted octanol–water partition coefficient (Wildman–Crippen LogP) is 3.31. The molecule has 0 saturated carbocycles. The number of hydrazone groups is 1. The molecule has 7 heteroatoms. The standard InChI is InChI=1S/C18H19BrN2O4/c1-11-6-12(2)18(14(19)7-11)25-10-17(23)21-20-9-13-4-5-15(22)16(8-13)24-3/h4-9,22H,10H2,1-3H3,(H,21,23)/b20-9-. The number of carbonyl (C=O) groups is 1. The van der Waals surface area contributed by atoms with E-state index < -0.39 is 0 Å². The molecule has 132 valence electrons. The highest BCUT2D eigenvalue weighted by atomic mass is 79.9. The van der Waals surface area contributed by atoms with Gasteiger partial charge in [0.05, 0.1) is 17.8 Å². The molecule has 0 spiro atoms. The van der Waals surface area contributed by atoms with E-state index in [9.17, 15) is 9.90 Å². The van der Waals surface area contributed by atoms with Gasteiger partial charge in [-0.25, -0.2) is 5.43 Å². The van der Waals surface area contributed by atoms with Crippen LogP contribution in [0, 0.1) is 13.8 Å². The molecule has 0 aliphatic carbocycles. The summed E-state index contributed by atoms with van der Waals surface area (Å²) in [6, 6.07) is 8.65. The molecule has 2 rings (SSSR count). The fraction of sp³-hybridized carbons (Fsp3) is 0.222. The van der Waals surface area contributed by atoms with Crippen molar-refractivity contribution in [2.45, 2.75) is 13.8 Å². The largest absolute Gasteiger partial charge is 0.504 e. The van der Waals surface area contributed by atoms with Crippen LogP contribution < -0.4 is 14.9 Å². The number of benzene rings is 2. The van der Waals surface area contributed by atoms with Crippen LogP contribution in [0.15, 0.2) is 39.9 Å². The Morgan fingerprint density at radius 1 is 1.32 bits per heavy atom. The number of nitrogens with one attached hydrogen (secondary N) is 1. The van der Waals surface area contributed by atoms with Crippen LogP contribution in [0.25, 0.3) is 0 Å². The molecule has 2 aromatic carbocycles. The van der Waals surface area contributed by atoms with Crippen LogP contribution in [0.5, 0.6) is 17.2 Å². The number of phenolic OH excluding ortho intramolecular Hbond substituents is 1. The lowest BCUT2D eigenvalue weighted by atomic mass is 10.1. The van der Waals surface area contributed by atoms with Crippen LogP contribution in [-0.4, -0.2) is 30.9 Å². The van der Waals surface area contributed by atoms with Gasteiger partial charge in [0.1, 0.15) is 5.75 Å². The number of amides is 1. The second-order valence-electron chi connectivity index (χ2n) is 5.41. The van der Waals surface area contributed by atoms with Crippen molar-refractivity contribution in [1.29, 1.82) is 0 Å². The van der Waals surface area contributed by atoms with Gasteiger partial charge >= 0.3 is 0 Å². The van der Waals surface area contributed by atoms with E-state index in [1.54, 1.807) is 12.1 Å². The average molecular weight is 407 g/mol. The summed E-state index contributed by atoms with van der Waals surface area (Å²) in [5.74, 6) is 0.622. The summed E-state index contributed by atoms with van der Waals surface area (Å²) < 4.78 is 11.4. The molecule has 0 unspecified atom stereocenters. The second-order valence-corrected chi connectivity index (χ2v) is 6.26. The van der Waals surface area contributed by atoms with Crippen LogP contribution in [0.3, 0.4) is 0 Å². The lowest BCUT2D eigenvalue weighted by Crippen LogP contribution is -2.24. The fourth-order valence-corrected chi connectivity index (χ4v) is 3.00. The summed E-state index contributed by atoms with van der Waals surface area (Å²) in [4.78, 5) is 11.8. The van der Waals surface area contributed by atoms with Crippen molar-refractivity contribution in [3.63, 3.8) is 0 Å². The third kappa shape index (κ3) is 5.22. The highest BCUT2D eigenvalue weighted by Crippen LogP contribution is 2.30. The van der Waals surface area contributed by atoms with Crippen LogP contribution in [-0.2, 0) is 4.79 Å². The summed E-state index contributed by atoms with van der Waals surface area (Å²) in [5.41, 5.74) is 5.12. The van der Waals surface area contributed by atoms with Crippen LogP contribution in [0.4, 0.5) is 0 Å². The number of hydrogen-bond acceptors (Lipinski definition) is 5. The number of aromatic hydroxyl groups is 1. The van der Waals surface area contributed by atoms with E-state index in [4.69, 9.17) is 9.47 Å². The molecule has 2 N–H and O–H groups in total. The summed E-state index contributed by atoms with van der Waals surface area (Å²) in [7, 11) is 1.46. The molecule has 0 atom stereocenters. The van der Waals surface area contributed by atoms with Gasteiger partial charge in [0.2, 0.25) is 0 Å². The Kier molecular flexibility index (Phi) is 6.41. The highest BCUT2D eigenvalue weighted by Gasteiger charge is 2.09. The SMILES string of the molecule is COc1cc(/C=N\NC(=O)COc2c(C)cc(C)cc2Br)ccc1O. The molecular formula is C18H19BrN2O4. The van der Waals surface area contributed by atoms with Crippen molar-refractivity contribution < 1.29 is 19.4 Å². The number of hydrogen-bond donors (Lipinski definition) is 2. The van der Waals surface area contributed by atoms with Gasteiger partial charge in [0.25, 0.3) is 5.91 Å². The number of rotatable bonds is 6. The van der Waals surface area contributed by atoms with Gasteiger partial charge in [-0.1, -0.05) is 6.07 Å². The summed E-state index contributed by atoms with van der Waals surface area (Å²) >= 11 is 3.43. The average Bonchev–Trinajstić information content (AvgIpc) is 2.55. The number of methoxy groups -OCH3 is 1. The zero-order chi connectivity index (χ0) is 18.4. The molecule has 0 aromatic heterocycles. The van der Waals surface area contributed by atoms with Crippen molar-refractivity contribution >= 4 is 28.1 Å². The fourth-order valence-electron chi connectivity index (χ4n) is 2.21. The topological polar surface area (TPSA) is 80.2 Å². The number of halogens is 1. The van der Waals surface area contributed by atoms with Gasteiger partial charge in [-0.05, 0) is 70.7 Å². The number of ether oxygens (including phenoxy) is 2. The Morgan fingerprint density at radius 3 is 2.76 bits per heavy atom. The molecule has 1 amide bonds. The molecular weight excluding hydrogens is 388 g/mol. The third-order valence-corrected chi connectivity index (χ3v) is 3.92. The van der Waals surface area contributed by atoms with Gasteiger partial charge in [-0.3, -0.25) is 4.79 Å². The Labute approximate surface area is 154 Å². The molecule has 0 heterocycles. The van der Waals surface area contributed by atoms with Gasteiger partial charge in [-0.2, -0.15) is 5.10 Å². The quantitative estimate of drug-likeness (QED) is 0.569. The molecule has 0 saturated heterocycles. The van der Waals surface area contributed by atoms with Gasteiger partial charge in [0, 0.05) is 0 Å². The first-order valence-electron chi connectivity index (χ1n) is 7.49. The van der Waals surface area contributed by atoms with E-state index in [1.807, 2.05) is 26.0 Å². The van der Waals surface area contributed by atoms with Crippen molar-refractivity contribution in [1.82, 2.24) is 5.43 Å². The molecule has 25 heavy (non-hydrogen) atoms. The minimum atomic E-state index is -0.381. The summed E-state index contributed by atoms with van der Waals surface area (Å²) in [5, 5.41) is 13.4. The number of aryl methyl sites for hydroxylation is 2. The minimum Gasteiger partial charge on any atom is -0.504 e. The first kappa shape index (κ1) is 18.8. The first-order valence-corrected chi connectivity index (χ1v) is 8.28.